The lowest BCUT2D eigenvalue weighted by molar-refractivity contribution is 0.0785. The SMILES string of the molecule is O=c1cc2c(nn1CC1CCCN1Cc1cnn3c1COCC3)CCSC2. The Bertz CT molecular complexity index is 893. The second kappa shape index (κ2) is 7.41. The minimum atomic E-state index is 0.0411. The standard InChI is InChI=1S/C19H25N5O2S/c25-19-8-14-13-27-7-3-17(14)21-24(19)11-16-2-1-4-22(16)10-15-9-20-23-5-6-26-12-18(15)23/h8-9,16H,1-7,10-13H2. The van der Waals surface area contributed by atoms with E-state index >= 15 is 0 Å². The number of aromatic nitrogens is 4. The minimum absolute atomic E-state index is 0.0411. The molecule has 1 atom stereocenters. The van der Waals surface area contributed by atoms with Gasteiger partial charge in [0, 0.05) is 36.4 Å². The quantitative estimate of drug-likeness (QED) is 0.791. The van der Waals surface area contributed by atoms with Gasteiger partial charge in [-0.3, -0.25) is 14.4 Å². The van der Waals surface area contributed by atoms with Gasteiger partial charge in [-0.25, -0.2) is 4.68 Å². The van der Waals surface area contributed by atoms with Crippen LogP contribution in [0.5, 0.6) is 0 Å². The molecular weight excluding hydrogens is 362 g/mol. The summed E-state index contributed by atoms with van der Waals surface area (Å²) in [5, 5.41) is 9.22. The fourth-order valence-corrected chi connectivity index (χ4v) is 5.32. The fourth-order valence-electron chi connectivity index (χ4n) is 4.37. The van der Waals surface area contributed by atoms with E-state index in [-0.39, 0.29) is 5.56 Å². The number of ether oxygens (including phenoxy) is 1. The van der Waals surface area contributed by atoms with E-state index in [4.69, 9.17) is 9.84 Å². The number of hydrogen-bond acceptors (Lipinski definition) is 6. The Labute approximate surface area is 162 Å². The van der Waals surface area contributed by atoms with Gasteiger partial charge in [0.25, 0.3) is 5.56 Å². The number of likely N-dealkylation sites (tertiary alicyclic amines) is 1. The Morgan fingerprint density at radius 3 is 3.26 bits per heavy atom. The average molecular weight is 388 g/mol. The molecule has 0 N–H and O–H groups in total. The predicted molar refractivity (Wildman–Crippen MR) is 104 cm³/mol. The smallest absolute Gasteiger partial charge is 0.267 e. The zero-order valence-electron chi connectivity index (χ0n) is 15.5. The molecule has 2 aromatic rings. The molecule has 7 nitrogen and oxygen atoms in total. The molecule has 1 fully saturated rings. The predicted octanol–water partition coefficient (Wildman–Crippen LogP) is 1.42. The van der Waals surface area contributed by atoms with Crippen LogP contribution in [0.4, 0.5) is 0 Å². The van der Waals surface area contributed by atoms with Crippen molar-refractivity contribution in [2.24, 2.45) is 0 Å². The van der Waals surface area contributed by atoms with Crippen LogP contribution in [0.25, 0.3) is 0 Å². The molecule has 5 heterocycles. The molecule has 144 valence electrons. The summed E-state index contributed by atoms with van der Waals surface area (Å²) in [5.41, 5.74) is 4.74. The fraction of sp³-hybridized carbons (Fsp3) is 0.632. The number of fused-ring (bicyclic) bond motifs is 2. The maximum atomic E-state index is 12.5. The van der Waals surface area contributed by atoms with Gasteiger partial charge in [0.05, 0.1) is 43.9 Å². The monoisotopic (exact) mass is 387 g/mol. The zero-order valence-corrected chi connectivity index (χ0v) is 16.3. The van der Waals surface area contributed by atoms with Crippen molar-refractivity contribution in [3.8, 4) is 0 Å². The van der Waals surface area contributed by atoms with Gasteiger partial charge in [0.15, 0.2) is 0 Å². The Balaban J connectivity index is 1.33. The molecule has 27 heavy (non-hydrogen) atoms. The molecule has 0 bridgehead atoms. The average Bonchev–Trinajstić information content (AvgIpc) is 3.30. The van der Waals surface area contributed by atoms with Crippen molar-refractivity contribution in [3.63, 3.8) is 0 Å². The van der Waals surface area contributed by atoms with Crippen LogP contribution in [-0.2, 0) is 43.2 Å². The Kier molecular flexibility index (Phi) is 4.79. The molecule has 0 amide bonds. The van der Waals surface area contributed by atoms with Gasteiger partial charge in [-0.15, -0.1) is 0 Å². The number of nitrogens with zero attached hydrogens (tertiary/aromatic N) is 5. The maximum Gasteiger partial charge on any atom is 0.267 e. The van der Waals surface area contributed by atoms with Crippen molar-refractivity contribution in [1.82, 2.24) is 24.5 Å². The van der Waals surface area contributed by atoms with Gasteiger partial charge in [-0.05, 0) is 30.7 Å². The van der Waals surface area contributed by atoms with Gasteiger partial charge in [-0.1, -0.05) is 0 Å². The van der Waals surface area contributed by atoms with E-state index in [1.807, 2.05) is 18.0 Å². The molecule has 0 aliphatic carbocycles. The summed E-state index contributed by atoms with van der Waals surface area (Å²) in [5.74, 6) is 2.02. The molecule has 2 aromatic heterocycles. The van der Waals surface area contributed by atoms with Crippen LogP contribution in [0.15, 0.2) is 17.1 Å². The van der Waals surface area contributed by atoms with E-state index in [2.05, 4.69) is 14.7 Å². The highest BCUT2D eigenvalue weighted by molar-refractivity contribution is 7.98. The Morgan fingerprint density at radius 1 is 1.33 bits per heavy atom. The molecule has 5 rings (SSSR count). The first-order valence-electron chi connectivity index (χ1n) is 9.81. The van der Waals surface area contributed by atoms with E-state index in [0.29, 0.717) is 19.2 Å². The summed E-state index contributed by atoms with van der Waals surface area (Å²) >= 11 is 1.88. The normalized spacial score (nSPS) is 22.6. The third-order valence-electron chi connectivity index (χ3n) is 5.88. The maximum absolute atomic E-state index is 12.5. The molecule has 3 aliphatic rings. The van der Waals surface area contributed by atoms with Gasteiger partial charge < -0.3 is 4.74 Å². The van der Waals surface area contributed by atoms with E-state index in [9.17, 15) is 4.79 Å². The van der Waals surface area contributed by atoms with E-state index in [1.54, 1.807) is 10.7 Å². The summed E-state index contributed by atoms with van der Waals surface area (Å²) in [7, 11) is 0. The summed E-state index contributed by atoms with van der Waals surface area (Å²) < 4.78 is 9.38. The molecule has 8 heteroatoms. The molecule has 0 radical (unpaired) electrons. The molecule has 3 aliphatic heterocycles. The van der Waals surface area contributed by atoms with Crippen LogP contribution < -0.4 is 5.56 Å². The molecule has 0 saturated carbocycles. The zero-order chi connectivity index (χ0) is 18.2. The Hall–Kier alpha value is -1.64. The minimum Gasteiger partial charge on any atom is -0.373 e. The lowest BCUT2D eigenvalue weighted by atomic mass is 10.1. The van der Waals surface area contributed by atoms with Gasteiger partial charge in [-0.2, -0.15) is 22.0 Å². The molecular formula is C19H25N5O2S. The lowest BCUT2D eigenvalue weighted by Crippen LogP contribution is -2.37. The van der Waals surface area contributed by atoms with Crippen LogP contribution in [0.1, 0.15) is 35.4 Å². The van der Waals surface area contributed by atoms with Crippen LogP contribution >= 0.6 is 11.8 Å². The summed E-state index contributed by atoms with van der Waals surface area (Å²) in [6.07, 6.45) is 5.24. The van der Waals surface area contributed by atoms with Crippen LogP contribution in [0.2, 0.25) is 0 Å². The first-order chi connectivity index (χ1) is 13.3. The number of hydrogen-bond donors (Lipinski definition) is 0. The van der Waals surface area contributed by atoms with Crippen molar-refractivity contribution in [2.45, 2.75) is 57.3 Å². The second-order valence-corrected chi connectivity index (χ2v) is 8.70. The number of thioether (sulfide) groups is 1. The van der Waals surface area contributed by atoms with Crippen molar-refractivity contribution in [3.05, 3.63) is 45.1 Å². The van der Waals surface area contributed by atoms with Crippen molar-refractivity contribution in [2.75, 3.05) is 18.9 Å². The summed E-state index contributed by atoms with van der Waals surface area (Å²) in [4.78, 5) is 15.0. The van der Waals surface area contributed by atoms with E-state index < -0.39 is 0 Å². The van der Waals surface area contributed by atoms with Crippen LogP contribution in [0, 0.1) is 0 Å². The second-order valence-electron chi connectivity index (χ2n) is 7.60. The largest absolute Gasteiger partial charge is 0.373 e. The first kappa shape index (κ1) is 17.5. The van der Waals surface area contributed by atoms with Crippen LogP contribution in [-0.4, -0.2) is 49.4 Å². The first-order valence-corrected chi connectivity index (χ1v) is 11.0. The third kappa shape index (κ3) is 3.46. The van der Waals surface area contributed by atoms with Crippen LogP contribution in [0.3, 0.4) is 0 Å². The van der Waals surface area contributed by atoms with Gasteiger partial charge in [0.1, 0.15) is 0 Å². The highest BCUT2D eigenvalue weighted by Crippen LogP contribution is 2.25. The van der Waals surface area contributed by atoms with E-state index in [0.717, 1.165) is 61.8 Å². The molecule has 0 aromatic carbocycles. The van der Waals surface area contributed by atoms with Gasteiger partial charge in [0.2, 0.25) is 0 Å². The molecule has 1 saturated heterocycles. The summed E-state index contributed by atoms with van der Waals surface area (Å²) in [6, 6.07) is 2.16. The topological polar surface area (TPSA) is 65.2 Å². The highest BCUT2D eigenvalue weighted by Gasteiger charge is 2.28. The highest BCUT2D eigenvalue weighted by atomic mass is 32.2. The summed E-state index contributed by atoms with van der Waals surface area (Å²) in [6.45, 7) is 4.85. The lowest BCUT2D eigenvalue weighted by Gasteiger charge is -2.26. The van der Waals surface area contributed by atoms with Crippen molar-refractivity contribution < 1.29 is 4.74 Å². The molecule has 1 unspecified atom stereocenters. The Morgan fingerprint density at radius 2 is 2.30 bits per heavy atom. The molecule has 0 spiro atoms. The van der Waals surface area contributed by atoms with Crippen molar-refractivity contribution in [1.29, 1.82) is 0 Å². The van der Waals surface area contributed by atoms with E-state index in [1.165, 1.54) is 17.7 Å². The number of rotatable bonds is 4. The van der Waals surface area contributed by atoms with Crippen molar-refractivity contribution >= 4 is 11.8 Å². The third-order valence-corrected chi connectivity index (χ3v) is 6.89. The number of aryl methyl sites for hydroxylation is 1. The van der Waals surface area contributed by atoms with Gasteiger partial charge >= 0.3 is 0 Å².